The molecule has 0 amide bonds. The molecule has 2 nitrogen and oxygen atoms in total. The molecule has 0 rings (SSSR count). The van der Waals surface area contributed by atoms with E-state index in [0.717, 1.165) is 0 Å². The second-order valence-electron chi connectivity index (χ2n) is 0.598. The van der Waals surface area contributed by atoms with Gasteiger partial charge in [-0.05, 0) is 0 Å². The van der Waals surface area contributed by atoms with E-state index in [0.29, 0.717) is 0 Å². The van der Waals surface area contributed by atoms with Crippen molar-refractivity contribution >= 4 is 14.3 Å². The molecule has 0 spiro atoms. The standard InChI is InChI=1S/C2H7O2P/c1-4-5(2)3/h3,5H,2H2,1H3. The van der Waals surface area contributed by atoms with Crippen LogP contribution >= 0.6 is 8.00 Å². The number of rotatable bonds is 1. The van der Waals surface area contributed by atoms with Crippen LogP contribution in [0.5, 0.6) is 0 Å². The fourth-order valence-corrected chi connectivity index (χ4v) is 0. The fourth-order valence-electron chi connectivity index (χ4n) is 0. The maximum atomic E-state index is 8.13. The third-order valence-electron chi connectivity index (χ3n) is 0.236. The summed E-state index contributed by atoms with van der Waals surface area (Å²) < 4.78 is 4.30. The molecule has 1 N–H and O–H groups in total. The van der Waals surface area contributed by atoms with E-state index in [9.17, 15) is 0 Å². The zero-order valence-corrected chi connectivity index (χ0v) is 4.06. The van der Waals surface area contributed by atoms with E-state index < -0.39 is 8.00 Å². The summed E-state index contributed by atoms with van der Waals surface area (Å²) in [5.74, 6) is 0. The molecule has 0 bridgehead atoms. The Morgan fingerprint density at radius 2 is 2.20 bits per heavy atom. The van der Waals surface area contributed by atoms with Gasteiger partial charge in [0, 0.05) is 7.11 Å². The summed E-state index contributed by atoms with van der Waals surface area (Å²) in [6.45, 7) is 0. The SMILES string of the molecule is C=[PH](O)OC. The van der Waals surface area contributed by atoms with Gasteiger partial charge in [-0.3, -0.25) is 0 Å². The summed E-state index contributed by atoms with van der Waals surface area (Å²) >= 11 is 0. The minimum atomic E-state index is -1.62. The van der Waals surface area contributed by atoms with Crippen molar-refractivity contribution in [3.8, 4) is 0 Å². The van der Waals surface area contributed by atoms with E-state index in [1.54, 1.807) is 0 Å². The summed E-state index contributed by atoms with van der Waals surface area (Å²) in [5, 5.41) is 0. The Balaban J connectivity index is 2.85. The van der Waals surface area contributed by atoms with Gasteiger partial charge < -0.3 is 9.42 Å². The highest BCUT2D eigenvalue weighted by atomic mass is 31.1. The molecule has 32 valence electrons. The first-order chi connectivity index (χ1) is 2.27. The number of hydrogen-bond acceptors (Lipinski definition) is 2. The van der Waals surface area contributed by atoms with Crippen molar-refractivity contribution in [2.24, 2.45) is 0 Å². The third kappa shape index (κ3) is 4.22. The third-order valence-corrected chi connectivity index (χ3v) is 0.707. The second-order valence-corrected chi connectivity index (χ2v) is 1.79. The first kappa shape index (κ1) is 5.22. The Labute approximate surface area is 31.9 Å². The fraction of sp³-hybridized carbons (Fsp3) is 0.500. The van der Waals surface area contributed by atoms with Crippen LogP contribution in [0.2, 0.25) is 0 Å². The van der Waals surface area contributed by atoms with Gasteiger partial charge in [0.1, 0.15) is 8.00 Å². The molecule has 5 heavy (non-hydrogen) atoms. The molecule has 0 aromatic heterocycles. The highest BCUT2D eigenvalue weighted by Gasteiger charge is 1.64. The molecule has 0 aliphatic heterocycles. The number of hydrogen-bond donors (Lipinski definition) is 1. The lowest BCUT2D eigenvalue weighted by Gasteiger charge is -1.86. The van der Waals surface area contributed by atoms with Gasteiger partial charge in [0.15, 0.2) is 0 Å². The molecule has 1 atom stereocenters. The maximum Gasteiger partial charge on any atom is 0.101 e. The molecule has 3 heteroatoms. The van der Waals surface area contributed by atoms with E-state index in [4.69, 9.17) is 4.89 Å². The minimum Gasteiger partial charge on any atom is -0.355 e. The van der Waals surface area contributed by atoms with Crippen molar-refractivity contribution in [1.82, 2.24) is 0 Å². The van der Waals surface area contributed by atoms with Gasteiger partial charge in [-0.2, -0.15) is 0 Å². The zero-order valence-electron chi connectivity index (χ0n) is 3.06. The van der Waals surface area contributed by atoms with Gasteiger partial charge in [-0.1, -0.05) is 6.30 Å². The molecule has 0 saturated heterocycles. The Morgan fingerprint density at radius 1 is 2.00 bits per heavy atom. The summed E-state index contributed by atoms with van der Waals surface area (Å²) in [7, 11) is -0.192. The highest BCUT2D eigenvalue weighted by molar-refractivity contribution is 7.44. The molecule has 0 aromatic carbocycles. The van der Waals surface area contributed by atoms with E-state index in [1.807, 2.05) is 0 Å². The first-order valence-electron chi connectivity index (χ1n) is 1.19. The predicted molar refractivity (Wildman–Crippen MR) is 24.7 cm³/mol. The van der Waals surface area contributed by atoms with E-state index in [1.165, 1.54) is 7.11 Å². The van der Waals surface area contributed by atoms with Crippen molar-refractivity contribution in [1.29, 1.82) is 0 Å². The lowest BCUT2D eigenvalue weighted by Crippen LogP contribution is -1.58. The van der Waals surface area contributed by atoms with Crippen LogP contribution in [0, 0.1) is 0 Å². The lowest BCUT2D eigenvalue weighted by molar-refractivity contribution is 0.409. The molecular weight excluding hydrogens is 87.0 g/mol. The molecular formula is C2H7O2P. The summed E-state index contributed by atoms with van der Waals surface area (Å²) in [4.78, 5) is 8.13. The van der Waals surface area contributed by atoms with Crippen molar-refractivity contribution < 1.29 is 9.42 Å². The summed E-state index contributed by atoms with van der Waals surface area (Å²) in [6.07, 6.45) is 3.19. The first-order valence-corrected chi connectivity index (χ1v) is 2.75. The van der Waals surface area contributed by atoms with E-state index in [2.05, 4.69) is 10.8 Å². The van der Waals surface area contributed by atoms with Gasteiger partial charge in [-0.25, -0.2) is 0 Å². The van der Waals surface area contributed by atoms with E-state index in [-0.39, 0.29) is 0 Å². The Morgan fingerprint density at radius 3 is 2.20 bits per heavy atom. The Kier molecular flexibility index (Phi) is 2.57. The molecule has 0 saturated carbocycles. The highest BCUT2D eigenvalue weighted by Crippen LogP contribution is 2.08. The molecule has 1 unspecified atom stereocenters. The maximum absolute atomic E-state index is 8.13. The molecule has 0 aliphatic rings. The predicted octanol–water partition coefficient (Wildman–Crippen LogP) is 0.101. The van der Waals surface area contributed by atoms with Crippen molar-refractivity contribution in [3.05, 3.63) is 0 Å². The van der Waals surface area contributed by atoms with Crippen LogP contribution in [-0.4, -0.2) is 18.3 Å². The average molecular weight is 94.0 g/mol. The smallest absolute Gasteiger partial charge is 0.101 e. The average Bonchev–Trinajstić information content (AvgIpc) is 1.38. The van der Waals surface area contributed by atoms with Crippen LogP contribution in [0.15, 0.2) is 0 Å². The van der Waals surface area contributed by atoms with Crippen molar-refractivity contribution in [3.63, 3.8) is 0 Å². The van der Waals surface area contributed by atoms with Crippen LogP contribution < -0.4 is 0 Å². The second kappa shape index (κ2) is 2.46. The Bertz CT molecular complexity index is 42.9. The lowest BCUT2D eigenvalue weighted by atomic mass is 11.8. The summed E-state index contributed by atoms with van der Waals surface area (Å²) in [5.41, 5.74) is 0. The molecule has 0 aliphatic carbocycles. The minimum absolute atomic E-state index is 1.43. The Hall–Kier alpha value is 0.220. The van der Waals surface area contributed by atoms with Gasteiger partial charge >= 0.3 is 0 Å². The zero-order chi connectivity index (χ0) is 4.28. The van der Waals surface area contributed by atoms with Gasteiger partial charge in [0.25, 0.3) is 0 Å². The molecule has 0 aromatic rings. The van der Waals surface area contributed by atoms with Crippen LogP contribution in [0.4, 0.5) is 0 Å². The van der Waals surface area contributed by atoms with Crippen molar-refractivity contribution in [2.45, 2.75) is 0 Å². The monoisotopic (exact) mass is 94.0 g/mol. The quantitative estimate of drug-likeness (QED) is 0.467. The van der Waals surface area contributed by atoms with Crippen LogP contribution in [0.25, 0.3) is 0 Å². The topological polar surface area (TPSA) is 29.5 Å². The molecule has 0 radical (unpaired) electrons. The van der Waals surface area contributed by atoms with Crippen LogP contribution in [0.1, 0.15) is 0 Å². The molecule has 0 heterocycles. The van der Waals surface area contributed by atoms with Gasteiger partial charge in [0.05, 0.1) is 0 Å². The van der Waals surface area contributed by atoms with Gasteiger partial charge in [0.2, 0.25) is 0 Å². The van der Waals surface area contributed by atoms with Crippen molar-refractivity contribution in [2.75, 3.05) is 7.11 Å². The van der Waals surface area contributed by atoms with E-state index >= 15 is 0 Å². The summed E-state index contributed by atoms with van der Waals surface area (Å²) in [6, 6.07) is 0. The normalized spacial score (nSPS) is 14.8. The van der Waals surface area contributed by atoms with Crippen LogP contribution in [0.3, 0.4) is 0 Å². The molecule has 0 fully saturated rings. The van der Waals surface area contributed by atoms with Crippen LogP contribution in [-0.2, 0) is 4.52 Å². The van der Waals surface area contributed by atoms with Gasteiger partial charge in [-0.15, -0.1) is 0 Å². The largest absolute Gasteiger partial charge is 0.355 e.